The van der Waals surface area contributed by atoms with Crippen LogP contribution in [-0.4, -0.2) is 6.04 Å². The van der Waals surface area contributed by atoms with Gasteiger partial charge >= 0.3 is 0 Å². The van der Waals surface area contributed by atoms with Crippen LogP contribution in [0.4, 0.5) is 0 Å². The van der Waals surface area contributed by atoms with Crippen LogP contribution >= 0.6 is 23.2 Å². The van der Waals surface area contributed by atoms with Crippen LogP contribution in [0, 0.1) is 0 Å². The molecule has 1 nitrogen and oxygen atoms in total. The average molecular weight is 244 g/mol. The average Bonchev–Trinajstić information content (AvgIpc) is 2.20. The number of halogens is 2. The summed E-state index contributed by atoms with van der Waals surface area (Å²) in [6.07, 6.45) is 4.48. The SMILES string of the molecule is NC1CCC(c2ccc(Cl)cc2Cl)CC1. The van der Waals surface area contributed by atoms with E-state index in [1.165, 1.54) is 5.56 Å². The smallest absolute Gasteiger partial charge is 0.0455 e. The fourth-order valence-electron chi connectivity index (χ4n) is 2.26. The fraction of sp³-hybridized carbons (Fsp3) is 0.500. The molecule has 15 heavy (non-hydrogen) atoms. The molecule has 0 amide bonds. The van der Waals surface area contributed by atoms with E-state index in [0.29, 0.717) is 17.0 Å². The van der Waals surface area contributed by atoms with E-state index in [0.717, 1.165) is 30.7 Å². The van der Waals surface area contributed by atoms with Gasteiger partial charge < -0.3 is 5.73 Å². The lowest BCUT2D eigenvalue weighted by molar-refractivity contribution is 0.395. The Morgan fingerprint density at radius 2 is 1.73 bits per heavy atom. The Labute approximate surface area is 101 Å². The molecular weight excluding hydrogens is 229 g/mol. The van der Waals surface area contributed by atoms with Crippen molar-refractivity contribution in [1.29, 1.82) is 0 Å². The Morgan fingerprint density at radius 3 is 2.33 bits per heavy atom. The molecule has 0 spiro atoms. The Morgan fingerprint density at radius 1 is 1.07 bits per heavy atom. The lowest BCUT2D eigenvalue weighted by Gasteiger charge is -2.27. The van der Waals surface area contributed by atoms with Gasteiger partial charge in [0.2, 0.25) is 0 Å². The van der Waals surface area contributed by atoms with Gasteiger partial charge in [-0.3, -0.25) is 0 Å². The fourth-order valence-corrected chi connectivity index (χ4v) is 2.83. The Bertz CT molecular complexity index is 343. The molecule has 1 saturated carbocycles. The highest BCUT2D eigenvalue weighted by molar-refractivity contribution is 6.35. The van der Waals surface area contributed by atoms with E-state index in [2.05, 4.69) is 0 Å². The molecule has 0 radical (unpaired) electrons. The van der Waals surface area contributed by atoms with Crippen molar-refractivity contribution in [3.63, 3.8) is 0 Å². The van der Waals surface area contributed by atoms with Gasteiger partial charge in [0.15, 0.2) is 0 Å². The number of benzene rings is 1. The van der Waals surface area contributed by atoms with Crippen LogP contribution in [-0.2, 0) is 0 Å². The molecule has 0 saturated heterocycles. The molecule has 0 bridgehead atoms. The van der Waals surface area contributed by atoms with Crippen molar-refractivity contribution in [2.45, 2.75) is 37.6 Å². The molecule has 0 aliphatic heterocycles. The van der Waals surface area contributed by atoms with E-state index in [1.807, 2.05) is 18.2 Å². The highest BCUT2D eigenvalue weighted by Gasteiger charge is 2.21. The number of hydrogen-bond donors (Lipinski definition) is 1. The van der Waals surface area contributed by atoms with E-state index in [9.17, 15) is 0 Å². The van der Waals surface area contributed by atoms with Crippen molar-refractivity contribution in [3.8, 4) is 0 Å². The summed E-state index contributed by atoms with van der Waals surface area (Å²) in [7, 11) is 0. The van der Waals surface area contributed by atoms with Crippen LogP contribution in [0.3, 0.4) is 0 Å². The summed E-state index contributed by atoms with van der Waals surface area (Å²) >= 11 is 12.1. The van der Waals surface area contributed by atoms with Crippen molar-refractivity contribution >= 4 is 23.2 Å². The highest BCUT2D eigenvalue weighted by Crippen LogP contribution is 2.36. The Kier molecular flexibility index (Phi) is 3.55. The van der Waals surface area contributed by atoms with Crippen molar-refractivity contribution in [2.24, 2.45) is 5.73 Å². The van der Waals surface area contributed by atoms with Gasteiger partial charge in [-0.25, -0.2) is 0 Å². The van der Waals surface area contributed by atoms with E-state index in [1.54, 1.807) is 0 Å². The normalized spacial score (nSPS) is 26.6. The third-order valence-corrected chi connectivity index (χ3v) is 3.74. The molecule has 3 heteroatoms. The first-order chi connectivity index (χ1) is 7.16. The number of hydrogen-bond acceptors (Lipinski definition) is 1. The van der Waals surface area contributed by atoms with Gasteiger partial charge in [0, 0.05) is 16.1 Å². The second-order valence-corrected chi connectivity index (χ2v) is 5.12. The van der Waals surface area contributed by atoms with Gasteiger partial charge in [0.05, 0.1) is 0 Å². The third-order valence-electron chi connectivity index (χ3n) is 3.17. The van der Waals surface area contributed by atoms with Crippen LogP contribution < -0.4 is 5.73 Å². The molecule has 1 fully saturated rings. The Hall–Kier alpha value is -0.240. The number of rotatable bonds is 1. The molecule has 0 atom stereocenters. The minimum atomic E-state index is 0.382. The predicted molar refractivity (Wildman–Crippen MR) is 65.6 cm³/mol. The second kappa shape index (κ2) is 4.73. The van der Waals surface area contributed by atoms with Crippen LogP contribution in [0.15, 0.2) is 18.2 Å². The zero-order valence-electron chi connectivity index (χ0n) is 8.55. The van der Waals surface area contributed by atoms with Crippen molar-refractivity contribution in [1.82, 2.24) is 0 Å². The van der Waals surface area contributed by atoms with Crippen LogP contribution in [0.5, 0.6) is 0 Å². The molecule has 2 rings (SSSR count). The molecule has 1 aliphatic carbocycles. The van der Waals surface area contributed by atoms with E-state index in [-0.39, 0.29) is 0 Å². The van der Waals surface area contributed by atoms with Crippen LogP contribution in [0.1, 0.15) is 37.2 Å². The standard InChI is InChI=1S/C12H15Cl2N/c13-9-3-6-11(12(14)7-9)8-1-4-10(15)5-2-8/h3,6-8,10H,1-2,4-5,15H2. The third kappa shape index (κ3) is 2.66. The molecule has 0 heterocycles. The van der Waals surface area contributed by atoms with Gasteiger partial charge in [0.1, 0.15) is 0 Å². The summed E-state index contributed by atoms with van der Waals surface area (Å²) < 4.78 is 0. The quantitative estimate of drug-likeness (QED) is 0.794. The van der Waals surface area contributed by atoms with Gasteiger partial charge in [0.25, 0.3) is 0 Å². The molecule has 0 aromatic heterocycles. The zero-order valence-corrected chi connectivity index (χ0v) is 10.1. The first kappa shape index (κ1) is 11.3. The summed E-state index contributed by atoms with van der Waals surface area (Å²) in [4.78, 5) is 0. The van der Waals surface area contributed by atoms with Gasteiger partial charge in [-0.15, -0.1) is 0 Å². The number of nitrogens with two attached hydrogens (primary N) is 1. The summed E-state index contributed by atoms with van der Waals surface area (Å²) in [5.41, 5.74) is 7.11. The summed E-state index contributed by atoms with van der Waals surface area (Å²) in [6.45, 7) is 0. The van der Waals surface area contributed by atoms with Crippen molar-refractivity contribution in [3.05, 3.63) is 33.8 Å². The van der Waals surface area contributed by atoms with E-state index >= 15 is 0 Å². The van der Waals surface area contributed by atoms with Crippen LogP contribution in [0.25, 0.3) is 0 Å². The van der Waals surface area contributed by atoms with Gasteiger partial charge in [-0.1, -0.05) is 29.3 Å². The maximum atomic E-state index is 6.18. The summed E-state index contributed by atoms with van der Waals surface area (Å²) in [5.74, 6) is 0.564. The molecule has 1 aromatic carbocycles. The first-order valence-electron chi connectivity index (χ1n) is 5.37. The monoisotopic (exact) mass is 243 g/mol. The van der Waals surface area contributed by atoms with Crippen LogP contribution in [0.2, 0.25) is 10.0 Å². The van der Waals surface area contributed by atoms with Gasteiger partial charge in [-0.2, -0.15) is 0 Å². The largest absolute Gasteiger partial charge is 0.328 e. The molecule has 1 aromatic rings. The van der Waals surface area contributed by atoms with Crippen molar-refractivity contribution in [2.75, 3.05) is 0 Å². The maximum Gasteiger partial charge on any atom is 0.0455 e. The lowest BCUT2D eigenvalue weighted by Crippen LogP contribution is -2.25. The highest BCUT2D eigenvalue weighted by atomic mass is 35.5. The molecule has 82 valence electrons. The molecule has 1 aliphatic rings. The minimum Gasteiger partial charge on any atom is -0.328 e. The van der Waals surface area contributed by atoms with E-state index < -0.39 is 0 Å². The zero-order chi connectivity index (χ0) is 10.8. The van der Waals surface area contributed by atoms with E-state index in [4.69, 9.17) is 28.9 Å². The van der Waals surface area contributed by atoms with Gasteiger partial charge in [-0.05, 0) is 49.3 Å². The summed E-state index contributed by atoms with van der Waals surface area (Å²) in [5, 5.41) is 1.50. The Balaban J connectivity index is 2.15. The van der Waals surface area contributed by atoms with Crippen molar-refractivity contribution < 1.29 is 0 Å². The maximum absolute atomic E-state index is 6.18. The predicted octanol–water partition coefficient (Wildman–Crippen LogP) is 3.98. The first-order valence-corrected chi connectivity index (χ1v) is 6.13. The topological polar surface area (TPSA) is 26.0 Å². The molecule has 0 unspecified atom stereocenters. The molecular formula is C12H15Cl2N. The minimum absolute atomic E-state index is 0.382. The second-order valence-electron chi connectivity index (χ2n) is 4.28. The molecule has 2 N–H and O–H groups in total. The lowest BCUT2D eigenvalue weighted by atomic mass is 9.82. The summed E-state index contributed by atoms with van der Waals surface area (Å²) in [6, 6.07) is 6.17.